The molecule has 0 saturated carbocycles. The molecule has 0 aliphatic rings. The maximum atomic E-state index is 11.1. The van der Waals surface area contributed by atoms with Gasteiger partial charge in [0.25, 0.3) is 0 Å². The fourth-order valence-corrected chi connectivity index (χ4v) is 1.97. The summed E-state index contributed by atoms with van der Waals surface area (Å²) in [6, 6.07) is 5.02. The van der Waals surface area contributed by atoms with Gasteiger partial charge < -0.3 is 10.4 Å². The van der Waals surface area contributed by atoms with E-state index in [-0.39, 0.29) is 5.56 Å². The fourth-order valence-electron chi connectivity index (χ4n) is 1.61. The Morgan fingerprint density at radius 1 is 1.56 bits per heavy atom. The smallest absolute Gasteiger partial charge is 0.337 e. The summed E-state index contributed by atoms with van der Waals surface area (Å²) >= 11 is 3.33. The van der Waals surface area contributed by atoms with Gasteiger partial charge in [-0.3, -0.25) is 4.68 Å². The summed E-state index contributed by atoms with van der Waals surface area (Å²) in [4.78, 5) is 11.1. The number of nitrogens with zero attached hydrogens (tertiary/aromatic N) is 2. The third-order valence-electron chi connectivity index (χ3n) is 2.45. The third kappa shape index (κ3) is 2.89. The molecule has 0 fully saturated rings. The summed E-state index contributed by atoms with van der Waals surface area (Å²) in [5.41, 5.74) is 1.83. The molecule has 2 N–H and O–H groups in total. The van der Waals surface area contributed by atoms with Crippen LogP contribution in [0.1, 0.15) is 15.9 Å². The average molecular weight is 310 g/mol. The predicted molar refractivity (Wildman–Crippen MR) is 71.6 cm³/mol. The summed E-state index contributed by atoms with van der Waals surface area (Å²) in [6.45, 7) is 0.532. The van der Waals surface area contributed by atoms with Crippen molar-refractivity contribution in [3.05, 3.63) is 46.2 Å². The number of carboxylic acids is 1. The first-order chi connectivity index (χ1) is 8.56. The van der Waals surface area contributed by atoms with Gasteiger partial charge in [0.05, 0.1) is 17.4 Å². The van der Waals surface area contributed by atoms with Crippen molar-refractivity contribution in [3.63, 3.8) is 0 Å². The Hall–Kier alpha value is -1.82. The van der Waals surface area contributed by atoms with E-state index < -0.39 is 5.97 Å². The van der Waals surface area contributed by atoms with Crippen molar-refractivity contribution in [2.24, 2.45) is 7.05 Å². The van der Waals surface area contributed by atoms with Gasteiger partial charge in [0.1, 0.15) is 0 Å². The number of aryl methyl sites for hydroxylation is 1. The molecule has 1 aromatic carbocycles. The van der Waals surface area contributed by atoms with E-state index in [1.807, 2.05) is 13.2 Å². The molecule has 94 valence electrons. The van der Waals surface area contributed by atoms with Gasteiger partial charge in [-0.05, 0) is 18.2 Å². The second-order valence-corrected chi connectivity index (χ2v) is 4.79. The maximum absolute atomic E-state index is 11.1. The first-order valence-corrected chi connectivity index (χ1v) is 6.10. The monoisotopic (exact) mass is 309 g/mol. The van der Waals surface area contributed by atoms with Crippen LogP contribution in [0.3, 0.4) is 0 Å². The van der Waals surface area contributed by atoms with Crippen LogP contribution < -0.4 is 5.32 Å². The van der Waals surface area contributed by atoms with Crippen LogP contribution in [-0.2, 0) is 13.6 Å². The van der Waals surface area contributed by atoms with Crippen LogP contribution in [-0.4, -0.2) is 20.9 Å². The van der Waals surface area contributed by atoms with Crippen LogP contribution in [0.15, 0.2) is 35.1 Å². The zero-order valence-electron chi connectivity index (χ0n) is 9.72. The molecule has 6 heteroatoms. The van der Waals surface area contributed by atoms with E-state index >= 15 is 0 Å². The highest BCUT2D eigenvalue weighted by Gasteiger charge is 2.10. The Morgan fingerprint density at radius 2 is 2.33 bits per heavy atom. The van der Waals surface area contributed by atoms with Crippen molar-refractivity contribution in [2.75, 3.05) is 5.32 Å². The number of benzene rings is 1. The molecular weight excluding hydrogens is 298 g/mol. The second kappa shape index (κ2) is 5.22. The van der Waals surface area contributed by atoms with Crippen molar-refractivity contribution in [1.29, 1.82) is 0 Å². The Bertz CT molecular complexity index is 580. The van der Waals surface area contributed by atoms with Crippen LogP contribution >= 0.6 is 15.9 Å². The number of aromatic carboxylic acids is 1. The lowest BCUT2D eigenvalue weighted by Crippen LogP contribution is -2.06. The zero-order valence-corrected chi connectivity index (χ0v) is 11.3. The quantitative estimate of drug-likeness (QED) is 0.910. The molecule has 0 amide bonds. The van der Waals surface area contributed by atoms with Gasteiger partial charge in [-0.25, -0.2) is 4.79 Å². The lowest BCUT2D eigenvalue weighted by atomic mass is 10.1. The molecule has 5 nitrogen and oxygen atoms in total. The van der Waals surface area contributed by atoms with Gasteiger partial charge in [-0.2, -0.15) is 5.10 Å². The first-order valence-electron chi connectivity index (χ1n) is 5.30. The van der Waals surface area contributed by atoms with E-state index in [4.69, 9.17) is 5.11 Å². The third-order valence-corrected chi connectivity index (χ3v) is 2.95. The predicted octanol–water partition coefficient (Wildman–Crippen LogP) is 2.49. The minimum absolute atomic E-state index is 0.252. The van der Waals surface area contributed by atoms with Crippen molar-refractivity contribution in [3.8, 4) is 0 Å². The largest absolute Gasteiger partial charge is 0.478 e. The van der Waals surface area contributed by atoms with Crippen LogP contribution in [0.5, 0.6) is 0 Å². The summed E-state index contributed by atoms with van der Waals surface area (Å²) in [7, 11) is 1.84. The number of carbonyl (C=O) groups is 1. The highest BCUT2D eigenvalue weighted by Crippen LogP contribution is 2.22. The summed E-state index contributed by atoms with van der Waals surface area (Å²) in [5, 5.41) is 16.2. The molecule has 0 aliphatic heterocycles. The number of hydrogen-bond donors (Lipinski definition) is 2. The van der Waals surface area contributed by atoms with E-state index in [0.717, 1.165) is 10.0 Å². The SMILES string of the molecule is Cn1cc(CNc2cc(Br)ccc2C(=O)O)cn1. The van der Waals surface area contributed by atoms with Crippen molar-refractivity contribution in [1.82, 2.24) is 9.78 Å². The van der Waals surface area contributed by atoms with Gasteiger partial charge in [-0.15, -0.1) is 0 Å². The minimum atomic E-state index is -0.948. The van der Waals surface area contributed by atoms with E-state index in [2.05, 4.69) is 26.3 Å². The second-order valence-electron chi connectivity index (χ2n) is 3.87. The molecule has 1 aromatic heterocycles. The molecular formula is C12H12BrN3O2. The normalized spacial score (nSPS) is 10.3. The van der Waals surface area contributed by atoms with Crippen molar-refractivity contribution >= 4 is 27.6 Å². The molecule has 0 radical (unpaired) electrons. The number of hydrogen-bond acceptors (Lipinski definition) is 3. The maximum Gasteiger partial charge on any atom is 0.337 e. The zero-order chi connectivity index (χ0) is 13.1. The fraction of sp³-hybridized carbons (Fsp3) is 0.167. The summed E-state index contributed by atoms with van der Waals surface area (Å²) in [5.74, 6) is -0.948. The van der Waals surface area contributed by atoms with Gasteiger partial charge >= 0.3 is 5.97 Å². The number of carboxylic acid groups (broad SMARTS) is 1. The molecule has 0 aliphatic carbocycles. The van der Waals surface area contributed by atoms with Crippen LogP contribution in [0.25, 0.3) is 0 Å². The molecule has 2 rings (SSSR count). The molecule has 0 saturated heterocycles. The molecule has 1 heterocycles. The Kier molecular flexibility index (Phi) is 3.66. The van der Waals surface area contributed by atoms with Gasteiger partial charge in [-0.1, -0.05) is 15.9 Å². The average Bonchev–Trinajstić information content (AvgIpc) is 2.72. The molecule has 18 heavy (non-hydrogen) atoms. The van der Waals surface area contributed by atoms with Gasteiger partial charge in [0.15, 0.2) is 0 Å². The number of aromatic nitrogens is 2. The Labute approximate surface area is 113 Å². The van der Waals surface area contributed by atoms with E-state index in [0.29, 0.717) is 12.2 Å². The number of anilines is 1. The summed E-state index contributed by atoms with van der Waals surface area (Å²) < 4.78 is 2.54. The van der Waals surface area contributed by atoms with E-state index in [1.54, 1.807) is 29.1 Å². The Balaban J connectivity index is 2.17. The van der Waals surface area contributed by atoms with Gasteiger partial charge in [0, 0.05) is 29.8 Å². The van der Waals surface area contributed by atoms with Crippen LogP contribution in [0.4, 0.5) is 5.69 Å². The lowest BCUT2D eigenvalue weighted by Gasteiger charge is -2.09. The molecule has 0 bridgehead atoms. The first kappa shape index (κ1) is 12.6. The molecule has 2 aromatic rings. The highest BCUT2D eigenvalue weighted by atomic mass is 79.9. The van der Waals surface area contributed by atoms with Crippen molar-refractivity contribution < 1.29 is 9.90 Å². The molecule has 0 unspecified atom stereocenters. The van der Waals surface area contributed by atoms with Crippen molar-refractivity contribution in [2.45, 2.75) is 6.54 Å². The lowest BCUT2D eigenvalue weighted by molar-refractivity contribution is 0.0698. The Morgan fingerprint density at radius 3 is 2.94 bits per heavy atom. The summed E-state index contributed by atoms with van der Waals surface area (Å²) in [6.07, 6.45) is 3.62. The van der Waals surface area contributed by atoms with E-state index in [1.165, 1.54) is 0 Å². The standard InChI is InChI=1S/C12H12BrN3O2/c1-16-7-8(6-15-16)5-14-11-4-9(13)2-3-10(11)12(17)18/h2-4,6-7,14H,5H2,1H3,(H,17,18). The molecule has 0 atom stereocenters. The number of halogens is 1. The number of rotatable bonds is 4. The van der Waals surface area contributed by atoms with Crippen LogP contribution in [0, 0.1) is 0 Å². The number of nitrogens with one attached hydrogen (secondary N) is 1. The topological polar surface area (TPSA) is 67.2 Å². The molecule has 0 spiro atoms. The van der Waals surface area contributed by atoms with E-state index in [9.17, 15) is 4.79 Å². The van der Waals surface area contributed by atoms with Crippen LogP contribution in [0.2, 0.25) is 0 Å². The minimum Gasteiger partial charge on any atom is -0.478 e. The van der Waals surface area contributed by atoms with Gasteiger partial charge in [0.2, 0.25) is 0 Å². The highest BCUT2D eigenvalue weighted by molar-refractivity contribution is 9.10.